The van der Waals surface area contributed by atoms with Gasteiger partial charge in [0.15, 0.2) is 0 Å². The maximum Gasteiger partial charge on any atom is 0.280 e. The molecule has 0 aliphatic heterocycles. The Morgan fingerprint density at radius 2 is 1.87 bits per heavy atom. The van der Waals surface area contributed by atoms with E-state index >= 15 is 0 Å². The van der Waals surface area contributed by atoms with Crippen LogP contribution < -0.4 is 9.63 Å². The van der Waals surface area contributed by atoms with Crippen LogP contribution in [0.2, 0.25) is 0 Å². The van der Waals surface area contributed by atoms with Crippen LogP contribution in [0.25, 0.3) is 0 Å². The fourth-order valence-electron chi connectivity index (χ4n) is 1.99. The Kier molecular flexibility index (Phi) is 3.22. The molecule has 0 bridgehead atoms. The van der Waals surface area contributed by atoms with Gasteiger partial charge < -0.3 is 5.21 Å². The summed E-state index contributed by atoms with van der Waals surface area (Å²) in [7, 11) is 0. The Hall–Kier alpha value is -1.25. The van der Waals surface area contributed by atoms with E-state index < -0.39 is 0 Å². The number of rotatable bonds is 2. The van der Waals surface area contributed by atoms with Crippen molar-refractivity contribution in [1.82, 2.24) is 0 Å². The molecule has 84 valence electrons. The van der Waals surface area contributed by atoms with Gasteiger partial charge in [0.1, 0.15) is 0 Å². The lowest BCUT2D eigenvalue weighted by atomic mass is 10.0. The van der Waals surface area contributed by atoms with Gasteiger partial charge in [-0.25, -0.2) is 4.73 Å². The summed E-state index contributed by atoms with van der Waals surface area (Å²) < 4.78 is 0.922. The molecular formula is C12H20N2O. The Balaban J connectivity index is 3.17. The maximum absolute atomic E-state index is 11.7. The summed E-state index contributed by atoms with van der Waals surface area (Å²) in [5, 5.41) is 11.7. The SMILES string of the molecule is CC(C)N(c1cccc[n+]1[O-])C(C)(C)C. The highest BCUT2D eigenvalue weighted by atomic mass is 16.5. The number of anilines is 1. The summed E-state index contributed by atoms with van der Waals surface area (Å²) in [6.07, 6.45) is 1.54. The lowest BCUT2D eigenvalue weighted by Crippen LogP contribution is -2.51. The van der Waals surface area contributed by atoms with Crippen LogP contribution in [0, 0.1) is 5.21 Å². The fraction of sp³-hybridized carbons (Fsp3) is 0.583. The Morgan fingerprint density at radius 3 is 2.27 bits per heavy atom. The highest BCUT2D eigenvalue weighted by Gasteiger charge is 2.32. The zero-order chi connectivity index (χ0) is 11.6. The number of aromatic nitrogens is 1. The van der Waals surface area contributed by atoms with Crippen LogP contribution in [-0.2, 0) is 0 Å². The molecule has 1 aromatic heterocycles. The molecule has 0 N–H and O–H groups in total. The molecule has 15 heavy (non-hydrogen) atoms. The first-order valence-electron chi connectivity index (χ1n) is 5.31. The van der Waals surface area contributed by atoms with Crippen molar-refractivity contribution in [2.24, 2.45) is 0 Å². The molecule has 0 aromatic carbocycles. The third-order valence-corrected chi connectivity index (χ3v) is 2.29. The van der Waals surface area contributed by atoms with Crippen LogP contribution in [0.3, 0.4) is 0 Å². The van der Waals surface area contributed by atoms with Crippen molar-refractivity contribution in [3.8, 4) is 0 Å². The topological polar surface area (TPSA) is 30.2 Å². The first-order valence-corrected chi connectivity index (χ1v) is 5.31. The van der Waals surface area contributed by atoms with E-state index in [0.717, 1.165) is 4.73 Å². The first kappa shape index (κ1) is 11.8. The van der Waals surface area contributed by atoms with E-state index in [1.54, 1.807) is 6.07 Å². The van der Waals surface area contributed by atoms with Crippen LogP contribution in [0.5, 0.6) is 0 Å². The van der Waals surface area contributed by atoms with Crippen LogP contribution in [0.4, 0.5) is 5.82 Å². The number of nitrogens with zero attached hydrogens (tertiary/aromatic N) is 2. The van der Waals surface area contributed by atoms with Crippen molar-refractivity contribution in [1.29, 1.82) is 0 Å². The average Bonchev–Trinajstić information content (AvgIpc) is 2.05. The summed E-state index contributed by atoms with van der Waals surface area (Å²) in [5.41, 5.74) is -0.0539. The van der Waals surface area contributed by atoms with Gasteiger partial charge >= 0.3 is 0 Å². The second-order valence-electron chi connectivity index (χ2n) is 5.02. The van der Waals surface area contributed by atoms with Crippen molar-refractivity contribution in [2.75, 3.05) is 4.90 Å². The third-order valence-electron chi connectivity index (χ3n) is 2.29. The van der Waals surface area contributed by atoms with Crippen molar-refractivity contribution >= 4 is 5.82 Å². The van der Waals surface area contributed by atoms with Gasteiger partial charge in [0.05, 0.1) is 17.8 Å². The summed E-state index contributed by atoms with van der Waals surface area (Å²) in [6, 6.07) is 5.80. The van der Waals surface area contributed by atoms with Gasteiger partial charge in [-0.1, -0.05) is 6.07 Å². The molecule has 0 spiro atoms. The normalized spacial score (nSPS) is 11.9. The molecule has 0 saturated heterocycles. The average molecular weight is 208 g/mol. The van der Waals surface area contributed by atoms with E-state index in [2.05, 4.69) is 39.5 Å². The minimum Gasteiger partial charge on any atom is -0.711 e. The molecule has 0 fully saturated rings. The fourth-order valence-corrected chi connectivity index (χ4v) is 1.99. The van der Waals surface area contributed by atoms with Crippen LogP contribution in [0.1, 0.15) is 34.6 Å². The van der Waals surface area contributed by atoms with E-state index in [9.17, 15) is 5.21 Å². The minimum absolute atomic E-state index is 0.0539. The molecule has 0 atom stereocenters. The predicted octanol–water partition coefficient (Wildman–Crippen LogP) is 2.33. The predicted molar refractivity (Wildman–Crippen MR) is 62.8 cm³/mol. The van der Waals surface area contributed by atoms with Gasteiger partial charge in [0, 0.05) is 6.07 Å². The largest absolute Gasteiger partial charge is 0.711 e. The summed E-state index contributed by atoms with van der Waals surface area (Å²) in [4.78, 5) is 2.12. The van der Waals surface area contributed by atoms with E-state index in [1.807, 2.05) is 12.1 Å². The highest BCUT2D eigenvalue weighted by molar-refractivity contribution is 5.37. The standard InChI is InChI=1S/C12H20N2O/c1-10(2)14(12(3,4)5)11-8-6-7-9-13(11)15/h6-10H,1-5H3. The smallest absolute Gasteiger partial charge is 0.280 e. The van der Waals surface area contributed by atoms with Gasteiger partial charge in [-0.3, -0.25) is 4.90 Å². The lowest BCUT2D eigenvalue weighted by Gasteiger charge is -2.34. The van der Waals surface area contributed by atoms with E-state index in [1.165, 1.54) is 6.20 Å². The van der Waals surface area contributed by atoms with Crippen molar-refractivity contribution in [3.05, 3.63) is 29.6 Å². The van der Waals surface area contributed by atoms with Crippen LogP contribution in [-0.4, -0.2) is 11.6 Å². The van der Waals surface area contributed by atoms with Crippen molar-refractivity contribution < 1.29 is 4.73 Å². The summed E-state index contributed by atoms with van der Waals surface area (Å²) >= 11 is 0. The van der Waals surface area contributed by atoms with E-state index in [0.29, 0.717) is 11.9 Å². The quantitative estimate of drug-likeness (QED) is 0.551. The molecule has 1 aromatic rings. The van der Waals surface area contributed by atoms with Gasteiger partial charge in [-0.05, 0) is 40.7 Å². The van der Waals surface area contributed by atoms with Gasteiger partial charge in [-0.15, -0.1) is 0 Å². The minimum atomic E-state index is -0.0539. The second kappa shape index (κ2) is 4.09. The molecule has 3 heteroatoms. The van der Waals surface area contributed by atoms with E-state index in [4.69, 9.17) is 0 Å². The number of hydrogen-bond donors (Lipinski definition) is 0. The molecule has 1 rings (SSSR count). The zero-order valence-electron chi connectivity index (χ0n) is 10.2. The van der Waals surface area contributed by atoms with Gasteiger partial charge in [0.25, 0.3) is 5.82 Å². The molecule has 0 saturated carbocycles. The Morgan fingerprint density at radius 1 is 1.27 bits per heavy atom. The molecule has 0 aliphatic rings. The van der Waals surface area contributed by atoms with Crippen LogP contribution >= 0.6 is 0 Å². The molecular weight excluding hydrogens is 188 g/mol. The molecule has 3 nitrogen and oxygen atoms in total. The first-order chi connectivity index (χ1) is 6.84. The van der Waals surface area contributed by atoms with Crippen molar-refractivity contribution in [3.63, 3.8) is 0 Å². The van der Waals surface area contributed by atoms with E-state index in [-0.39, 0.29) is 5.54 Å². The number of pyridine rings is 1. The van der Waals surface area contributed by atoms with Gasteiger partial charge in [0.2, 0.25) is 0 Å². The highest BCUT2D eigenvalue weighted by Crippen LogP contribution is 2.22. The van der Waals surface area contributed by atoms with Gasteiger partial charge in [-0.2, -0.15) is 0 Å². The molecule has 0 radical (unpaired) electrons. The summed E-state index contributed by atoms with van der Waals surface area (Å²) in [5.74, 6) is 0.708. The van der Waals surface area contributed by atoms with Crippen molar-refractivity contribution in [2.45, 2.75) is 46.2 Å². The number of hydrogen-bond acceptors (Lipinski definition) is 2. The second-order valence-corrected chi connectivity index (χ2v) is 5.02. The maximum atomic E-state index is 11.7. The molecule has 0 amide bonds. The lowest BCUT2D eigenvalue weighted by molar-refractivity contribution is -0.592. The summed E-state index contributed by atoms with van der Waals surface area (Å²) in [6.45, 7) is 10.5. The van der Waals surface area contributed by atoms with Crippen LogP contribution in [0.15, 0.2) is 24.4 Å². The Bertz CT molecular complexity index is 329. The molecule has 0 aliphatic carbocycles. The zero-order valence-corrected chi connectivity index (χ0v) is 10.2. The third kappa shape index (κ3) is 2.61. The Labute approximate surface area is 91.9 Å². The monoisotopic (exact) mass is 208 g/mol. The molecule has 0 unspecified atom stereocenters. The molecule has 1 heterocycles.